The highest BCUT2D eigenvalue weighted by Crippen LogP contribution is 2.20. The van der Waals surface area contributed by atoms with Gasteiger partial charge in [0.05, 0.1) is 7.11 Å². The predicted octanol–water partition coefficient (Wildman–Crippen LogP) is 1.92. The number of methoxy groups -OCH3 is 1. The molecule has 2 amide bonds. The third-order valence-corrected chi connectivity index (χ3v) is 5.75. The Bertz CT molecular complexity index is 884. The van der Waals surface area contributed by atoms with Crippen LogP contribution in [0.4, 0.5) is 0 Å². The first-order valence-corrected chi connectivity index (χ1v) is 10.8. The monoisotopic (exact) mass is 428 g/mol. The number of benzene rings is 1. The number of hydrogen-bond acceptors (Lipinski definition) is 7. The van der Waals surface area contributed by atoms with Gasteiger partial charge in [-0.25, -0.2) is 0 Å². The zero-order chi connectivity index (χ0) is 21.6. The molecule has 0 N–H and O–H groups in total. The van der Waals surface area contributed by atoms with Gasteiger partial charge in [0.1, 0.15) is 11.9 Å². The molecule has 1 atom stereocenters. The fourth-order valence-electron chi connectivity index (χ4n) is 3.91. The van der Waals surface area contributed by atoms with E-state index in [2.05, 4.69) is 10.1 Å². The van der Waals surface area contributed by atoms with Crippen molar-refractivity contribution in [3.63, 3.8) is 0 Å². The zero-order valence-electron chi connectivity index (χ0n) is 17.8. The lowest BCUT2D eigenvalue weighted by Gasteiger charge is -2.35. The van der Waals surface area contributed by atoms with Crippen molar-refractivity contribution in [1.29, 1.82) is 0 Å². The Hall–Kier alpha value is -2.94. The summed E-state index contributed by atoms with van der Waals surface area (Å²) in [6.07, 6.45) is 3.05. The van der Waals surface area contributed by atoms with E-state index in [1.54, 1.807) is 7.11 Å². The van der Waals surface area contributed by atoms with Crippen LogP contribution in [0.15, 0.2) is 28.8 Å². The van der Waals surface area contributed by atoms with Gasteiger partial charge in [0, 0.05) is 51.2 Å². The quantitative estimate of drug-likeness (QED) is 0.664. The lowest BCUT2D eigenvalue weighted by atomic mass is 10.1. The normalized spacial score (nSPS) is 18.9. The minimum absolute atomic E-state index is 0.0636. The SMILES string of the molecule is COc1ccc(-c2noc(CCCC(=O)N3CCN(C(=O)C4CCCO4)CC3)n2)cc1. The average molecular weight is 428 g/mol. The van der Waals surface area contributed by atoms with Crippen LogP contribution < -0.4 is 4.74 Å². The van der Waals surface area contributed by atoms with E-state index in [-0.39, 0.29) is 17.9 Å². The number of ether oxygens (including phenoxy) is 2. The Morgan fingerprint density at radius 1 is 1.13 bits per heavy atom. The summed E-state index contributed by atoms with van der Waals surface area (Å²) in [6.45, 7) is 2.94. The summed E-state index contributed by atoms with van der Waals surface area (Å²) in [4.78, 5) is 33.0. The summed E-state index contributed by atoms with van der Waals surface area (Å²) in [5, 5.41) is 4.02. The van der Waals surface area contributed by atoms with Crippen molar-refractivity contribution in [3.8, 4) is 17.1 Å². The second-order valence-electron chi connectivity index (χ2n) is 7.80. The molecule has 9 nitrogen and oxygen atoms in total. The summed E-state index contributed by atoms with van der Waals surface area (Å²) >= 11 is 0. The maximum atomic E-state index is 12.5. The van der Waals surface area contributed by atoms with Gasteiger partial charge in [-0.1, -0.05) is 5.16 Å². The van der Waals surface area contributed by atoms with Crippen LogP contribution in [0, 0.1) is 0 Å². The molecule has 2 aromatic rings. The third kappa shape index (κ3) is 5.22. The van der Waals surface area contributed by atoms with Crippen LogP contribution in [0.2, 0.25) is 0 Å². The van der Waals surface area contributed by atoms with Gasteiger partial charge in [-0.2, -0.15) is 4.98 Å². The molecular formula is C22H28N4O5. The molecule has 1 unspecified atom stereocenters. The Morgan fingerprint density at radius 3 is 2.55 bits per heavy atom. The van der Waals surface area contributed by atoms with Gasteiger partial charge >= 0.3 is 0 Å². The highest BCUT2D eigenvalue weighted by molar-refractivity contribution is 5.82. The zero-order valence-corrected chi connectivity index (χ0v) is 17.8. The maximum absolute atomic E-state index is 12.5. The number of carbonyl (C=O) groups excluding carboxylic acids is 2. The van der Waals surface area contributed by atoms with E-state index >= 15 is 0 Å². The van der Waals surface area contributed by atoms with E-state index in [0.717, 1.165) is 24.2 Å². The molecule has 0 saturated carbocycles. The van der Waals surface area contributed by atoms with Crippen LogP contribution in [0.1, 0.15) is 31.6 Å². The number of carbonyl (C=O) groups is 2. The van der Waals surface area contributed by atoms with Crippen molar-refractivity contribution < 1.29 is 23.6 Å². The molecule has 9 heteroatoms. The minimum atomic E-state index is -0.292. The first-order chi connectivity index (χ1) is 15.1. The van der Waals surface area contributed by atoms with Crippen LogP contribution in [-0.2, 0) is 20.7 Å². The molecule has 2 aliphatic heterocycles. The molecule has 1 aromatic heterocycles. The van der Waals surface area contributed by atoms with Crippen molar-refractivity contribution in [1.82, 2.24) is 19.9 Å². The highest BCUT2D eigenvalue weighted by Gasteiger charge is 2.31. The van der Waals surface area contributed by atoms with Crippen LogP contribution >= 0.6 is 0 Å². The number of aromatic nitrogens is 2. The third-order valence-electron chi connectivity index (χ3n) is 5.75. The fraction of sp³-hybridized carbons (Fsp3) is 0.545. The molecule has 1 aromatic carbocycles. The molecule has 2 aliphatic rings. The molecule has 0 radical (unpaired) electrons. The lowest BCUT2D eigenvalue weighted by molar-refractivity contribution is -0.146. The van der Waals surface area contributed by atoms with Gasteiger partial charge < -0.3 is 23.8 Å². The van der Waals surface area contributed by atoms with Gasteiger partial charge in [-0.05, 0) is 43.5 Å². The van der Waals surface area contributed by atoms with Crippen LogP contribution in [-0.4, -0.2) is 77.8 Å². The molecule has 0 aliphatic carbocycles. The second-order valence-corrected chi connectivity index (χ2v) is 7.80. The van der Waals surface area contributed by atoms with E-state index in [1.165, 1.54) is 0 Å². The lowest BCUT2D eigenvalue weighted by Crippen LogP contribution is -2.52. The molecule has 4 rings (SSSR count). The number of nitrogens with zero attached hydrogens (tertiary/aromatic N) is 4. The first kappa shape index (κ1) is 21.3. The van der Waals surface area contributed by atoms with E-state index in [4.69, 9.17) is 14.0 Å². The van der Waals surface area contributed by atoms with E-state index in [1.807, 2.05) is 34.1 Å². The fourth-order valence-corrected chi connectivity index (χ4v) is 3.91. The Kier molecular flexibility index (Phi) is 6.81. The Morgan fingerprint density at radius 2 is 1.87 bits per heavy atom. The summed E-state index contributed by atoms with van der Waals surface area (Å²) in [5.41, 5.74) is 0.849. The molecule has 3 heterocycles. The van der Waals surface area contributed by atoms with Gasteiger partial charge in [0.15, 0.2) is 0 Å². The van der Waals surface area contributed by atoms with Crippen LogP contribution in [0.25, 0.3) is 11.4 Å². The van der Waals surface area contributed by atoms with E-state index in [9.17, 15) is 9.59 Å². The van der Waals surface area contributed by atoms with Crippen molar-refractivity contribution in [2.24, 2.45) is 0 Å². The number of aryl methyl sites for hydroxylation is 1. The average Bonchev–Trinajstić information content (AvgIpc) is 3.51. The summed E-state index contributed by atoms with van der Waals surface area (Å²) in [5.74, 6) is 1.97. The summed E-state index contributed by atoms with van der Waals surface area (Å²) < 4.78 is 16.0. The molecule has 0 spiro atoms. The standard InChI is InChI=1S/C22H28N4O5/c1-29-17-9-7-16(8-10-17)21-23-19(31-24-21)5-2-6-20(27)25-11-13-26(14-12-25)22(28)18-4-3-15-30-18/h7-10,18H,2-6,11-15H2,1H3. The van der Waals surface area contributed by atoms with Gasteiger partial charge in [-0.3, -0.25) is 9.59 Å². The van der Waals surface area contributed by atoms with Crippen LogP contribution in [0.5, 0.6) is 5.75 Å². The predicted molar refractivity (Wildman–Crippen MR) is 111 cm³/mol. The van der Waals surface area contributed by atoms with Crippen molar-refractivity contribution >= 4 is 11.8 Å². The van der Waals surface area contributed by atoms with Crippen LogP contribution in [0.3, 0.4) is 0 Å². The van der Waals surface area contributed by atoms with Gasteiger partial charge in [-0.15, -0.1) is 0 Å². The van der Waals surface area contributed by atoms with Gasteiger partial charge in [0.25, 0.3) is 5.91 Å². The first-order valence-electron chi connectivity index (χ1n) is 10.8. The van der Waals surface area contributed by atoms with E-state index in [0.29, 0.717) is 63.8 Å². The van der Waals surface area contributed by atoms with Crippen molar-refractivity contribution in [2.75, 3.05) is 39.9 Å². The molecule has 2 saturated heterocycles. The second kappa shape index (κ2) is 9.91. The number of amides is 2. The highest BCUT2D eigenvalue weighted by atomic mass is 16.5. The molecule has 31 heavy (non-hydrogen) atoms. The molecular weight excluding hydrogens is 400 g/mol. The Labute approximate surface area is 181 Å². The Balaban J connectivity index is 1.19. The number of rotatable bonds is 7. The van der Waals surface area contributed by atoms with Gasteiger partial charge in [0.2, 0.25) is 17.6 Å². The molecule has 0 bridgehead atoms. The number of piperazine rings is 1. The number of hydrogen-bond donors (Lipinski definition) is 0. The van der Waals surface area contributed by atoms with Crippen molar-refractivity contribution in [3.05, 3.63) is 30.2 Å². The topological polar surface area (TPSA) is 98.0 Å². The maximum Gasteiger partial charge on any atom is 0.251 e. The van der Waals surface area contributed by atoms with Crippen molar-refractivity contribution in [2.45, 2.75) is 38.2 Å². The minimum Gasteiger partial charge on any atom is -0.497 e. The summed E-state index contributed by atoms with van der Waals surface area (Å²) in [7, 11) is 1.62. The molecule has 2 fully saturated rings. The largest absolute Gasteiger partial charge is 0.497 e. The summed E-state index contributed by atoms with van der Waals surface area (Å²) in [6, 6.07) is 7.44. The molecule has 166 valence electrons. The smallest absolute Gasteiger partial charge is 0.251 e. The van der Waals surface area contributed by atoms with E-state index < -0.39 is 0 Å².